The Kier molecular flexibility index (Phi) is 9.26. The molecule has 0 aromatic heterocycles. The smallest absolute Gasteiger partial charge is 0.429 e. The molecular formula is C28H37N3O5S. The van der Waals surface area contributed by atoms with Crippen molar-refractivity contribution < 1.29 is 23.9 Å². The van der Waals surface area contributed by atoms with Gasteiger partial charge < -0.3 is 25.4 Å². The largest absolute Gasteiger partial charge is 0.509 e. The SMILES string of the molecule is CC(C)(C)NC(=O)[C@H]1N(C(=O)[C@@H](OC(=O)OCc2ccccc2)[C@@H](N)Cc2ccccc2)CSC1(C)C. The molecule has 2 aromatic rings. The number of nitrogens with one attached hydrogen (secondary N) is 1. The van der Waals surface area contributed by atoms with Crippen LogP contribution >= 0.6 is 11.8 Å². The van der Waals surface area contributed by atoms with Gasteiger partial charge in [0.1, 0.15) is 12.6 Å². The number of thioether (sulfide) groups is 1. The molecule has 1 saturated heterocycles. The van der Waals surface area contributed by atoms with Crippen LogP contribution < -0.4 is 11.1 Å². The lowest BCUT2D eigenvalue weighted by Gasteiger charge is -2.35. The van der Waals surface area contributed by atoms with Crippen LogP contribution in [0, 0.1) is 0 Å². The maximum Gasteiger partial charge on any atom is 0.509 e. The number of carbonyl (C=O) groups excluding carboxylic acids is 3. The standard InChI is InChI=1S/C28H37N3O5S/c1-27(2,3)30-24(32)23-28(4,5)37-18-31(23)25(33)22(21(29)16-19-12-8-6-9-13-19)36-26(34)35-17-20-14-10-7-11-15-20/h6-15,21-23H,16-18,29H2,1-5H3,(H,30,32)/t21-,22-,23+/m0/s1. The fourth-order valence-electron chi connectivity index (χ4n) is 4.18. The number of ether oxygens (including phenoxy) is 2. The van der Waals surface area contributed by atoms with Crippen molar-refractivity contribution in [2.24, 2.45) is 5.73 Å². The first-order valence-electron chi connectivity index (χ1n) is 12.3. The van der Waals surface area contributed by atoms with E-state index in [2.05, 4.69) is 5.32 Å². The van der Waals surface area contributed by atoms with E-state index in [1.807, 2.05) is 95.3 Å². The quantitative estimate of drug-likeness (QED) is 0.501. The molecule has 3 atom stereocenters. The lowest BCUT2D eigenvalue weighted by molar-refractivity contribution is -0.148. The number of nitrogens with two attached hydrogens (primary N) is 1. The second-order valence-corrected chi connectivity index (χ2v) is 12.3. The average molecular weight is 528 g/mol. The highest BCUT2D eigenvalue weighted by Gasteiger charge is 2.51. The summed E-state index contributed by atoms with van der Waals surface area (Å²) in [5, 5.41) is 2.98. The minimum absolute atomic E-state index is 0.00226. The van der Waals surface area contributed by atoms with Gasteiger partial charge in [0.2, 0.25) is 5.91 Å². The van der Waals surface area contributed by atoms with Gasteiger partial charge in [0.15, 0.2) is 6.10 Å². The topological polar surface area (TPSA) is 111 Å². The molecule has 1 heterocycles. The predicted molar refractivity (Wildman–Crippen MR) is 145 cm³/mol. The van der Waals surface area contributed by atoms with E-state index in [-0.39, 0.29) is 18.4 Å². The number of hydrogen-bond donors (Lipinski definition) is 2. The number of nitrogens with zero attached hydrogens (tertiary/aromatic N) is 1. The van der Waals surface area contributed by atoms with E-state index in [0.717, 1.165) is 11.1 Å². The Morgan fingerprint density at radius 1 is 1.05 bits per heavy atom. The molecule has 0 radical (unpaired) electrons. The van der Waals surface area contributed by atoms with Crippen LogP contribution in [0.4, 0.5) is 4.79 Å². The Hall–Kier alpha value is -3.04. The highest BCUT2D eigenvalue weighted by atomic mass is 32.2. The van der Waals surface area contributed by atoms with Crippen LogP contribution in [0.2, 0.25) is 0 Å². The molecule has 0 spiro atoms. The van der Waals surface area contributed by atoms with Gasteiger partial charge in [-0.3, -0.25) is 9.59 Å². The van der Waals surface area contributed by atoms with E-state index >= 15 is 0 Å². The van der Waals surface area contributed by atoms with Gasteiger partial charge in [0, 0.05) is 10.3 Å². The highest BCUT2D eigenvalue weighted by molar-refractivity contribution is 8.00. The van der Waals surface area contributed by atoms with Gasteiger partial charge >= 0.3 is 6.16 Å². The van der Waals surface area contributed by atoms with E-state index in [1.54, 1.807) is 0 Å². The molecule has 9 heteroatoms. The fraction of sp³-hybridized carbons (Fsp3) is 0.464. The predicted octanol–water partition coefficient (Wildman–Crippen LogP) is 3.87. The Morgan fingerprint density at radius 3 is 2.19 bits per heavy atom. The zero-order valence-electron chi connectivity index (χ0n) is 22.1. The lowest BCUT2D eigenvalue weighted by Crippen LogP contribution is -2.60. The van der Waals surface area contributed by atoms with Crippen molar-refractivity contribution in [3.05, 3.63) is 71.8 Å². The Bertz CT molecular complexity index is 1070. The normalized spacial score (nSPS) is 18.5. The minimum atomic E-state index is -1.33. The molecule has 1 fully saturated rings. The summed E-state index contributed by atoms with van der Waals surface area (Å²) in [7, 11) is 0. The van der Waals surface area contributed by atoms with Crippen LogP contribution in [0.3, 0.4) is 0 Å². The summed E-state index contributed by atoms with van der Waals surface area (Å²) >= 11 is 1.49. The Morgan fingerprint density at radius 2 is 1.62 bits per heavy atom. The second-order valence-electron chi connectivity index (χ2n) is 10.7. The summed E-state index contributed by atoms with van der Waals surface area (Å²) in [5.41, 5.74) is 7.68. The third kappa shape index (κ3) is 7.97. The number of hydrogen-bond acceptors (Lipinski definition) is 7. The van der Waals surface area contributed by atoms with Gasteiger partial charge in [-0.2, -0.15) is 0 Å². The molecule has 0 bridgehead atoms. The Labute approximate surface area is 223 Å². The van der Waals surface area contributed by atoms with E-state index in [0.29, 0.717) is 6.42 Å². The van der Waals surface area contributed by atoms with Gasteiger partial charge in [-0.05, 0) is 52.2 Å². The molecule has 0 saturated carbocycles. The summed E-state index contributed by atoms with van der Waals surface area (Å²) in [6, 6.07) is 17.0. The summed E-state index contributed by atoms with van der Waals surface area (Å²) in [6.07, 6.45) is -2.03. The second kappa shape index (κ2) is 12.0. The molecule has 0 aliphatic carbocycles. The summed E-state index contributed by atoms with van der Waals surface area (Å²) in [4.78, 5) is 41.3. The third-order valence-electron chi connectivity index (χ3n) is 5.94. The van der Waals surface area contributed by atoms with Crippen LogP contribution in [0.5, 0.6) is 0 Å². The van der Waals surface area contributed by atoms with Crippen molar-refractivity contribution in [1.29, 1.82) is 0 Å². The van der Waals surface area contributed by atoms with Crippen molar-refractivity contribution >= 4 is 29.7 Å². The molecule has 1 aliphatic rings. The first-order chi connectivity index (χ1) is 17.4. The molecule has 3 rings (SSSR count). The monoisotopic (exact) mass is 527 g/mol. The van der Waals surface area contributed by atoms with E-state index in [1.165, 1.54) is 16.7 Å². The zero-order valence-corrected chi connectivity index (χ0v) is 22.9. The van der Waals surface area contributed by atoms with Gasteiger partial charge in [-0.1, -0.05) is 60.7 Å². The van der Waals surface area contributed by atoms with Crippen molar-refractivity contribution in [3.63, 3.8) is 0 Å². The summed E-state index contributed by atoms with van der Waals surface area (Å²) in [6.45, 7) is 9.50. The number of rotatable bonds is 8. The maximum absolute atomic E-state index is 13.9. The number of carbonyl (C=O) groups is 3. The first kappa shape index (κ1) is 28.5. The van der Waals surface area contributed by atoms with Crippen LogP contribution in [0.1, 0.15) is 45.7 Å². The molecule has 2 amide bonds. The highest BCUT2D eigenvalue weighted by Crippen LogP contribution is 2.40. The van der Waals surface area contributed by atoms with Crippen LogP contribution in [-0.2, 0) is 32.1 Å². The molecule has 8 nitrogen and oxygen atoms in total. The van der Waals surface area contributed by atoms with Crippen molar-refractivity contribution in [3.8, 4) is 0 Å². The van der Waals surface area contributed by atoms with Crippen LogP contribution in [0.25, 0.3) is 0 Å². The lowest BCUT2D eigenvalue weighted by atomic mass is 9.96. The van der Waals surface area contributed by atoms with Crippen molar-refractivity contribution in [2.75, 3.05) is 5.88 Å². The fourth-order valence-corrected chi connectivity index (χ4v) is 5.32. The van der Waals surface area contributed by atoms with Crippen LogP contribution in [-0.4, -0.2) is 57.2 Å². The van der Waals surface area contributed by atoms with Crippen LogP contribution in [0.15, 0.2) is 60.7 Å². The molecule has 37 heavy (non-hydrogen) atoms. The van der Waals surface area contributed by atoms with E-state index in [4.69, 9.17) is 15.2 Å². The molecule has 200 valence electrons. The zero-order chi connectivity index (χ0) is 27.2. The average Bonchev–Trinajstić information content (AvgIpc) is 3.16. The summed E-state index contributed by atoms with van der Waals surface area (Å²) in [5.74, 6) is -0.518. The van der Waals surface area contributed by atoms with Gasteiger partial charge in [0.25, 0.3) is 5.91 Å². The molecular weight excluding hydrogens is 490 g/mol. The van der Waals surface area contributed by atoms with E-state index in [9.17, 15) is 14.4 Å². The maximum atomic E-state index is 13.9. The number of benzene rings is 2. The van der Waals surface area contributed by atoms with Crippen molar-refractivity contribution in [2.45, 2.75) is 76.1 Å². The first-order valence-corrected chi connectivity index (χ1v) is 13.3. The minimum Gasteiger partial charge on any atom is -0.429 e. The van der Waals surface area contributed by atoms with Crippen molar-refractivity contribution in [1.82, 2.24) is 10.2 Å². The van der Waals surface area contributed by atoms with E-state index < -0.39 is 40.5 Å². The van der Waals surface area contributed by atoms with Gasteiger partial charge in [-0.25, -0.2) is 4.79 Å². The molecule has 3 N–H and O–H groups in total. The van der Waals surface area contributed by atoms with Gasteiger partial charge in [-0.15, -0.1) is 11.8 Å². The van der Waals surface area contributed by atoms with Gasteiger partial charge in [0.05, 0.1) is 11.9 Å². The third-order valence-corrected chi connectivity index (χ3v) is 7.32. The molecule has 2 aromatic carbocycles. The molecule has 0 unspecified atom stereocenters. The number of amides is 2. The Balaban J connectivity index is 1.82. The summed E-state index contributed by atoms with van der Waals surface area (Å²) < 4.78 is 10.3. The molecule has 1 aliphatic heterocycles.